The van der Waals surface area contributed by atoms with E-state index in [1.165, 1.54) is 7.11 Å². The monoisotopic (exact) mass is 368 g/mol. The lowest BCUT2D eigenvalue weighted by Gasteiger charge is -2.22. The van der Waals surface area contributed by atoms with Crippen LogP contribution in [0.1, 0.15) is 25.3 Å². The zero-order valence-electron chi connectivity index (χ0n) is 15.5. The van der Waals surface area contributed by atoms with Gasteiger partial charge in [0.2, 0.25) is 0 Å². The molecule has 0 aliphatic carbocycles. The molecular formula is C19H28O7. The van der Waals surface area contributed by atoms with Crippen LogP contribution in [0.25, 0.3) is 0 Å². The Labute approximate surface area is 153 Å². The van der Waals surface area contributed by atoms with Gasteiger partial charge in [0.1, 0.15) is 11.9 Å². The highest BCUT2D eigenvalue weighted by Gasteiger charge is 2.40. The number of carbonyl (C=O) groups is 1. The van der Waals surface area contributed by atoms with Crippen LogP contribution in [0.2, 0.25) is 0 Å². The van der Waals surface area contributed by atoms with E-state index in [2.05, 4.69) is 4.74 Å². The van der Waals surface area contributed by atoms with Gasteiger partial charge in [-0.1, -0.05) is 19.1 Å². The van der Waals surface area contributed by atoms with Gasteiger partial charge >= 0.3 is 5.97 Å². The normalized spacial score (nSPS) is 24.9. The van der Waals surface area contributed by atoms with Crippen LogP contribution in [0.5, 0.6) is 5.75 Å². The van der Waals surface area contributed by atoms with E-state index in [1.807, 2.05) is 31.2 Å². The number of rotatable bonds is 9. The molecule has 7 heteroatoms. The number of ether oxygens (including phenoxy) is 4. The highest BCUT2D eigenvalue weighted by Crippen LogP contribution is 2.31. The number of aliphatic hydroxyl groups is 2. The fraction of sp³-hybridized carbons (Fsp3) is 0.632. The van der Waals surface area contributed by atoms with E-state index in [4.69, 9.17) is 14.2 Å². The molecule has 146 valence electrons. The first-order valence-corrected chi connectivity index (χ1v) is 8.76. The summed E-state index contributed by atoms with van der Waals surface area (Å²) in [5, 5.41) is 19.9. The summed E-state index contributed by atoms with van der Waals surface area (Å²) in [6, 6.07) is 7.68. The summed E-state index contributed by atoms with van der Waals surface area (Å²) in [6.07, 6.45) is -2.33. The van der Waals surface area contributed by atoms with Crippen molar-refractivity contribution >= 4 is 5.97 Å². The number of carbonyl (C=O) groups excluding carboxylic acids is 1. The summed E-state index contributed by atoms with van der Waals surface area (Å²) in [5.74, 6) is 0.143. The number of hydrogen-bond donors (Lipinski definition) is 2. The molecule has 5 atom stereocenters. The molecule has 1 saturated heterocycles. The van der Waals surface area contributed by atoms with Crippen molar-refractivity contribution in [2.75, 3.05) is 20.8 Å². The highest BCUT2D eigenvalue weighted by molar-refractivity contribution is 5.75. The van der Waals surface area contributed by atoms with Gasteiger partial charge in [0, 0.05) is 6.61 Å². The Hall–Kier alpha value is -1.67. The van der Waals surface area contributed by atoms with E-state index >= 15 is 0 Å². The van der Waals surface area contributed by atoms with Gasteiger partial charge in [-0.3, -0.25) is 0 Å². The quantitative estimate of drug-likeness (QED) is 0.501. The van der Waals surface area contributed by atoms with Gasteiger partial charge in [-0.2, -0.15) is 0 Å². The zero-order chi connectivity index (χ0) is 19.1. The van der Waals surface area contributed by atoms with Crippen molar-refractivity contribution in [3.8, 4) is 5.75 Å². The zero-order valence-corrected chi connectivity index (χ0v) is 15.5. The average molecular weight is 368 g/mol. The van der Waals surface area contributed by atoms with Crippen LogP contribution in [0.3, 0.4) is 0 Å². The summed E-state index contributed by atoms with van der Waals surface area (Å²) in [4.78, 5) is 11.3. The highest BCUT2D eigenvalue weighted by atomic mass is 16.5. The van der Waals surface area contributed by atoms with Gasteiger partial charge in [-0.15, -0.1) is 0 Å². The third-order valence-corrected chi connectivity index (χ3v) is 4.71. The molecule has 26 heavy (non-hydrogen) atoms. The second-order valence-electron chi connectivity index (χ2n) is 6.57. The molecule has 0 radical (unpaired) electrons. The maximum Gasteiger partial charge on any atom is 0.337 e. The van der Waals surface area contributed by atoms with Crippen molar-refractivity contribution in [2.24, 2.45) is 5.92 Å². The molecule has 0 unspecified atom stereocenters. The van der Waals surface area contributed by atoms with Crippen LogP contribution in [0.15, 0.2) is 24.3 Å². The van der Waals surface area contributed by atoms with Gasteiger partial charge < -0.3 is 29.2 Å². The molecule has 0 saturated carbocycles. The Morgan fingerprint density at radius 2 is 1.96 bits per heavy atom. The first-order chi connectivity index (χ1) is 12.5. The van der Waals surface area contributed by atoms with Crippen molar-refractivity contribution in [1.29, 1.82) is 0 Å². The van der Waals surface area contributed by atoms with Crippen LogP contribution in [-0.2, 0) is 25.6 Å². The summed E-state index contributed by atoms with van der Waals surface area (Å²) < 4.78 is 21.1. The number of hydrogen-bond acceptors (Lipinski definition) is 7. The van der Waals surface area contributed by atoms with Crippen LogP contribution in [0.4, 0.5) is 0 Å². The van der Waals surface area contributed by atoms with Gasteiger partial charge in [-0.25, -0.2) is 4.79 Å². The lowest BCUT2D eigenvalue weighted by Crippen LogP contribution is -2.42. The van der Waals surface area contributed by atoms with E-state index in [0.717, 1.165) is 11.3 Å². The van der Waals surface area contributed by atoms with E-state index in [1.54, 1.807) is 7.11 Å². The molecule has 1 fully saturated rings. The summed E-state index contributed by atoms with van der Waals surface area (Å²) in [7, 11) is 2.79. The Balaban J connectivity index is 1.73. The van der Waals surface area contributed by atoms with E-state index < -0.39 is 24.3 Å². The standard InChI is InChI=1S/C19H28O7/c1-12-10-16(17(20)18(21)19(22)24-3)26-15(12)8-9-25-11-13-4-6-14(23-2)7-5-13/h4-7,12,15-18,20-21H,8-11H2,1-3H3/t12-,15+,16-,17+,18+/m1/s1. The van der Waals surface area contributed by atoms with Crippen molar-refractivity contribution in [3.05, 3.63) is 29.8 Å². The second-order valence-corrected chi connectivity index (χ2v) is 6.57. The van der Waals surface area contributed by atoms with E-state index in [0.29, 0.717) is 26.1 Å². The molecule has 2 rings (SSSR count). The molecule has 1 heterocycles. The summed E-state index contributed by atoms with van der Waals surface area (Å²) >= 11 is 0. The Morgan fingerprint density at radius 3 is 2.58 bits per heavy atom. The maximum atomic E-state index is 11.3. The summed E-state index contributed by atoms with van der Waals surface area (Å²) in [5.41, 5.74) is 1.06. The van der Waals surface area contributed by atoms with Crippen molar-refractivity contribution in [3.63, 3.8) is 0 Å². The minimum atomic E-state index is -1.60. The topological polar surface area (TPSA) is 94.5 Å². The van der Waals surface area contributed by atoms with Crippen molar-refractivity contribution < 1.29 is 34.0 Å². The van der Waals surface area contributed by atoms with Crippen LogP contribution in [0, 0.1) is 5.92 Å². The Morgan fingerprint density at radius 1 is 1.27 bits per heavy atom. The maximum absolute atomic E-state index is 11.3. The molecular weight excluding hydrogens is 340 g/mol. The number of esters is 1. The molecule has 0 bridgehead atoms. The molecule has 1 aromatic carbocycles. The predicted molar refractivity (Wildman–Crippen MR) is 93.7 cm³/mol. The predicted octanol–water partition coefficient (Wildman–Crippen LogP) is 1.29. The second kappa shape index (κ2) is 9.87. The molecule has 0 aromatic heterocycles. The average Bonchev–Trinajstić information content (AvgIpc) is 3.04. The molecule has 7 nitrogen and oxygen atoms in total. The Kier molecular flexibility index (Phi) is 7.84. The van der Waals surface area contributed by atoms with Crippen LogP contribution < -0.4 is 4.74 Å². The third kappa shape index (κ3) is 5.41. The van der Waals surface area contributed by atoms with Gasteiger partial charge in [-0.05, 0) is 36.5 Å². The lowest BCUT2D eigenvalue weighted by atomic mass is 9.96. The van der Waals surface area contributed by atoms with Crippen molar-refractivity contribution in [1.82, 2.24) is 0 Å². The third-order valence-electron chi connectivity index (χ3n) is 4.71. The first kappa shape index (κ1) is 20.6. The van der Waals surface area contributed by atoms with E-state index in [-0.39, 0.29) is 12.0 Å². The molecule has 1 aliphatic heterocycles. The van der Waals surface area contributed by atoms with Gasteiger partial charge in [0.15, 0.2) is 6.10 Å². The number of aliphatic hydroxyl groups excluding tert-OH is 2. The van der Waals surface area contributed by atoms with Gasteiger partial charge in [0.25, 0.3) is 0 Å². The fourth-order valence-corrected chi connectivity index (χ4v) is 3.08. The summed E-state index contributed by atoms with van der Waals surface area (Å²) in [6.45, 7) is 3.03. The largest absolute Gasteiger partial charge is 0.497 e. The molecule has 2 N–H and O–H groups in total. The molecule has 0 spiro atoms. The van der Waals surface area contributed by atoms with Crippen molar-refractivity contribution in [2.45, 2.75) is 50.8 Å². The number of methoxy groups -OCH3 is 2. The lowest BCUT2D eigenvalue weighted by molar-refractivity contribution is -0.163. The Bertz CT molecular complexity index is 560. The van der Waals surface area contributed by atoms with Gasteiger partial charge in [0.05, 0.1) is 33.0 Å². The van der Waals surface area contributed by atoms with Crippen LogP contribution >= 0.6 is 0 Å². The first-order valence-electron chi connectivity index (χ1n) is 8.76. The number of benzene rings is 1. The molecule has 1 aromatic rings. The van der Waals surface area contributed by atoms with E-state index in [9.17, 15) is 15.0 Å². The van der Waals surface area contributed by atoms with Crippen LogP contribution in [-0.4, -0.2) is 61.4 Å². The SMILES string of the molecule is COC(=O)[C@@H](O)[C@@H](O)[C@H]1C[C@@H](C)[C@H](CCOCc2ccc(OC)cc2)O1. The minimum absolute atomic E-state index is 0.0876. The molecule has 1 aliphatic rings. The molecule has 0 amide bonds. The smallest absolute Gasteiger partial charge is 0.337 e. The fourth-order valence-electron chi connectivity index (χ4n) is 3.08. The minimum Gasteiger partial charge on any atom is -0.497 e.